The van der Waals surface area contributed by atoms with Crippen molar-refractivity contribution >= 4 is 17.6 Å². The van der Waals surface area contributed by atoms with Gasteiger partial charge in [-0.2, -0.15) is 43.9 Å². The Labute approximate surface area is 154 Å². The maximum atomic E-state index is 13.2. The summed E-state index contributed by atoms with van der Waals surface area (Å²) in [5.41, 5.74) is -6.37. The summed E-state index contributed by atoms with van der Waals surface area (Å²) >= 11 is 0. The number of carbonyl (C=O) groups excluding carboxylic acids is 2. The summed E-state index contributed by atoms with van der Waals surface area (Å²) in [7, 11) is 0.510. The van der Waals surface area contributed by atoms with Crippen LogP contribution in [-0.2, 0) is 19.9 Å². The molecule has 1 aromatic carbocycles. The Balaban J connectivity index is 3.21. The lowest BCUT2D eigenvalue weighted by Gasteiger charge is -2.28. The first-order chi connectivity index (χ1) is 12.8. The van der Waals surface area contributed by atoms with Crippen molar-refractivity contribution < 1.29 is 63.3 Å². The van der Waals surface area contributed by atoms with Crippen molar-refractivity contribution in [3.63, 3.8) is 0 Å². The van der Waals surface area contributed by atoms with Crippen LogP contribution in [0, 0.1) is 0 Å². The van der Waals surface area contributed by atoms with Crippen LogP contribution in [0.15, 0.2) is 24.3 Å². The Kier molecular flexibility index (Phi) is 6.20. The molecule has 1 rings (SSSR count). The zero-order valence-electron chi connectivity index (χ0n) is 13.8. The predicted octanol–water partition coefficient (Wildman–Crippen LogP) is 3.38. The monoisotopic (exact) mass is 445 g/mol. The number of anilines is 1. The Hall–Kier alpha value is -2.58. The molecule has 5 nitrogen and oxygen atoms in total. The average Bonchev–Trinajstić information content (AvgIpc) is 2.58. The van der Waals surface area contributed by atoms with Gasteiger partial charge in [-0.15, -0.1) is 0 Å². The molecule has 0 saturated heterocycles. The minimum Gasteiger partial charge on any atom is -0.466 e. The second kappa shape index (κ2) is 7.35. The molecular formula is C14H9F10NO4. The second-order valence-electron chi connectivity index (χ2n) is 5.38. The van der Waals surface area contributed by atoms with E-state index in [0.717, 1.165) is 5.32 Å². The normalized spacial score (nSPS) is 15.4. The minimum absolute atomic E-state index is 0.278. The number of methoxy groups -OCH3 is 1. The van der Waals surface area contributed by atoms with Gasteiger partial charge in [0.15, 0.2) is 0 Å². The maximum Gasteiger partial charge on any atom is 0.460 e. The molecule has 1 aromatic rings. The van der Waals surface area contributed by atoms with Crippen LogP contribution in [-0.4, -0.2) is 48.3 Å². The number of aliphatic hydroxyl groups is 1. The zero-order valence-corrected chi connectivity index (χ0v) is 13.8. The number of carbonyl (C=O) groups is 2. The molecule has 0 aliphatic rings. The number of esters is 1. The van der Waals surface area contributed by atoms with Gasteiger partial charge < -0.3 is 15.2 Å². The van der Waals surface area contributed by atoms with Crippen molar-refractivity contribution in [3.05, 3.63) is 29.8 Å². The highest BCUT2D eigenvalue weighted by atomic mass is 19.4. The van der Waals surface area contributed by atoms with E-state index < -0.39 is 52.9 Å². The fourth-order valence-corrected chi connectivity index (χ4v) is 1.87. The predicted molar refractivity (Wildman–Crippen MR) is 73.0 cm³/mol. The van der Waals surface area contributed by atoms with Crippen LogP contribution in [0.5, 0.6) is 0 Å². The first kappa shape index (κ1) is 24.5. The van der Waals surface area contributed by atoms with Gasteiger partial charge in [-0.1, -0.05) is 12.1 Å². The first-order valence-electron chi connectivity index (χ1n) is 6.96. The van der Waals surface area contributed by atoms with Gasteiger partial charge in [-0.25, -0.2) is 4.79 Å². The van der Waals surface area contributed by atoms with E-state index in [4.69, 9.17) is 0 Å². The topological polar surface area (TPSA) is 75.6 Å². The molecule has 164 valence electrons. The third kappa shape index (κ3) is 4.09. The lowest BCUT2D eigenvalue weighted by Crippen LogP contribution is -2.57. The van der Waals surface area contributed by atoms with E-state index in [1.165, 1.54) is 0 Å². The molecule has 0 aliphatic carbocycles. The number of ether oxygens (including phenoxy) is 1. The molecule has 0 aromatic heterocycles. The van der Waals surface area contributed by atoms with E-state index in [9.17, 15) is 58.6 Å². The van der Waals surface area contributed by atoms with Crippen LogP contribution in [0.2, 0.25) is 0 Å². The van der Waals surface area contributed by atoms with Gasteiger partial charge in [-0.3, -0.25) is 4.79 Å². The number of hydrogen-bond donors (Lipinski definition) is 2. The van der Waals surface area contributed by atoms with E-state index in [2.05, 4.69) is 4.74 Å². The molecule has 0 spiro atoms. The number of amides is 1. The van der Waals surface area contributed by atoms with Crippen molar-refractivity contribution in [1.29, 1.82) is 0 Å². The van der Waals surface area contributed by atoms with E-state index in [1.54, 1.807) is 0 Å². The maximum absolute atomic E-state index is 13.2. The van der Waals surface area contributed by atoms with Gasteiger partial charge in [0.05, 0.1) is 7.11 Å². The van der Waals surface area contributed by atoms with Crippen molar-refractivity contribution in [2.45, 2.75) is 29.8 Å². The largest absolute Gasteiger partial charge is 0.466 e. The quantitative estimate of drug-likeness (QED) is 0.539. The number of halogens is 10. The lowest BCUT2D eigenvalue weighted by atomic mass is 9.93. The van der Waals surface area contributed by atoms with Crippen molar-refractivity contribution in [3.8, 4) is 0 Å². The van der Waals surface area contributed by atoms with Crippen molar-refractivity contribution in [1.82, 2.24) is 0 Å². The summed E-state index contributed by atoms with van der Waals surface area (Å²) in [6.07, 6.45) is -12.4. The fraction of sp³-hybridized carbons (Fsp3) is 0.429. The number of alkyl halides is 10. The summed E-state index contributed by atoms with van der Waals surface area (Å²) in [6.45, 7) is 0. The fourth-order valence-electron chi connectivity index (χ4n) is 1.87. The molecule has 1 unspecified atom stereocenters. The van der Waals surface area contributed by atoms with Crippen LogP contribution in [0.1, 0.15) is 5.56 Å². The number of rotatable bonds is 5. The van der Waals surface area contributed by atoms with E-state index in [0.29, 0.717) is 19.2 Å². The van der Waals surface area contributed by atoms with Crippen LogP contribution in [0.4, 0.5) is 49.6 Å². The number of hydrogen-bond acceptors (Lipinski definition) is 4. The van der Waals surface area contributed by atoms with Gasteiger partial charge in [0, 0.05) is 11.3 Å². The Morgan fingerprint density at radius 1 is 0.862 bits per heavy atom. The Morgan fingerprint density at radius 2 is 1.31 bits per heavy atom. The third-order valence-electron chi connectivity index (χ3n) is 3.49. The first-order valence-corrected chi connectivity index (χ1v) is 6.96. The SMILES string of the molecule is COC(=O)C(O)(c1ccc(NC(=O)C(F)(F)C(F)(F)C(F)(F)F)cc1)C(F)(F)F. The smallest absolute Gasteiger partial charge is 0.460 e. The Morgan fingerprint density at radius 3 is 1.66 bits per heavy atom. The molecular weight excluding hydrogens is 436 g/mol. The van der Waals surface area contributed by atoms with Crippen LogP contribution in [0.3, 0.4) is 0 Å². The minimum atomic E-state index is -6.78. The molecule has 0 saturated carbocycles. The van der Waals surface area contributed by atoms with Gasteiger partial charge >= 0.3 is 36.1 Å². The summed E-state index contributed by atoms with van der Waals surface area (Å²) in [5, 5.41) is 10.6. The van der Waals surface area contributed by atoms with Crippen molar-refractivity contribution in [2.24, 2.45) is 0 Å². The molecule has 0 aliphatic heterocycles. The average molecular weight is 445 g/mol. The third-order valence-corrected chi connectivity index (χ3v) is 3.49. The molecule has 1 amide bonds. The Bertz CT molecular complexity index is 772. The van der Waals surface area contributed by atoms with Gasteiger partial charge in [0.1, 0.15) is 0 Å². The summed E-state index contributed by atoms with van der Waals surface area (Å²) in [4.78, 5) is 22.5. The summed E-state index contributed by atoms with van der Waals surface area (Å²) < 4.78 is 131. The molecule has 2 N–H and O–H groups in total. The molecule has 0 radical (unpaired) electrons. The highest BCUT2D eigenvalue weighted by Crippen LogP contribution is 2.47. The van der Waals surface area contributed by atoms with Crippen molar-refractivity contribution in [2.75, 3.05) is 12.4 Å². The van der Waals surface area contributed by atoms with Gasteiger partial charge in [-0.05, 0) is 12.1 Å². The lowest BCUT2D eigenvalue weighted by molar-refractivity contribution is -0.343. The molecule has 1 atom stereocenters. The summed E-state index contributed by atoms with van der Waals surface area (Å²) in [6, 6.07) is 1.24. The highest BCUT2D eigenvalue weighted by molar-refractivity contribution is 5.97. The molecule has 0 heterocycles. The standard InChI is InChI=1S/C14H9F10NO4/c1-29-9(27)10(28,13(19,20)21)6-2-4-7(5-3-6)25-8(26)11(15,16)12(17,18)14(22,23)24/h2-5,28H,1H3,(H,25,26). The molecule has 29 heavy (non-hydrogen) atoms. The highest BCUT2D eigenvalue weighted by Gasteiger charge is 2.76. The van der Waals surface area contributed by atoms with E-state index in [-0.39, 0.29) is 12.1 Å². The van der Waals surface area contributed by atoms with Crippen LogP contribution < -0.4 is 5.32 Å². The number of benzene rings is 1. The molecule has 15 heteroatoms. The van der Waals surface area contributed by atoms with Gasteiger partial charge in [0.25, 0.3) is 5.60 Å². The van der Waals surface area contributed by atoms with Crippen LogP contribution >= 0.6 is 0 Å². The van der Waals surface area contributed by atoms with E-state index in [1.807, 2.05) is 0 Å². The number of nitrogens with one attached hydrogen (secondary N) is 1. The van der Waals surface area contributed by atoms with Crippen LogP contribution in [0.25, 0.3) is 0 Å². The summed E-state index contributed by atoms with van der Waals surface area (Å²) in [5.74, 6) is -18.3. The second-order valence-corrected chi connectivity index (χ2v) is 5.38. The van der Waals surface area contributed by atoms with E-state index >= 15 is 0 Å². The van der Waals surface area contributed by atoms with Gasteiger partial charge in [0.2, 0.25) is 0 Å². The zero-order chi connectivity index (χ0) is 23.1. The molecule has 0 fully saturated rings. The molecule has 0 bridgehead atoms.